The van der Waals surface area contributed by atoms with Crippen LogP contribution < -0.4 is 5.32 Å². The van der Waals surface area contributed by atoms with Crippen LogP contribution in [-0.4, -0.2) is 66.0 Å². The summed E-state index contributed by atoms with van der Waals surface area (Å²) in [6, 6.07) is 3.72. The molecule has 1 fully saturated rings. The number of hydrogen-bond acceptors (Lipinski definition) is 6. The zero-order valence-electron chi connectivity index (χ0n) is 18.3. The van der Waals surface area contributed by atoms with Crippen LogP contribution in [0.4, 0.5) is 0 Å². The Balaban J connectivity index is 1.55. The summed E-state index contributed by atoms with van der Waals surface area (Å²) >= 11 is 0. The molecule has 0 saturated heterocycles. The summed E-state index contributed by atoms with van der Waals surface area (Å²) in [5.41, 5.74) is 2.19. The van der Waals surface area contributed by atoms with Crippen LogP contribution in [0.3, 0.4) is 0 Å². The number of ether oxygens (including phenoxy) is 3. The lowest BCUT2D eigenvalue weighted by atomic mass is 9.92. The summed E-state index contributed by atoms with van der Waals surface area (Å²) in [6.45, 7) is 1.18. The van der Waals surface area contributed by atoms with Crippen molar-refractivity contribution in [2.75, 3.05) is 27.4 Å². The number of hydrogen-bond donors (Lipinski definition) is 2. The number of esters is 1. The van der Waals surface area contributed by atoms with Crippen LogP contribution in [0.25, 0.3) is 16.6 Å². The molecule has 1 aliphatic carbocycles. The van der Waals surface area contributed by atoms with Crippen LogP contribution in [0.1, 0.15) is 46.4 Å². The fourth-order valence-electron chi connectivity index (χ4n) is 4.17. The molecular weight excluding hydrogens is 412 g/mol. The Morgan fingerprint density at radius 2 is 1.97 bits per heavy atom. The maximum Gasteiger partial charge on any atom is 0.340 e. The standard InChI is InChI=1S/C23H28N4O5/c1-30-9-10-32-17-5-3-15(4-6-17)26-22(28)19-12-16(27-8-7-24-14-27)11-18-20(23(29)31-2)13-25-21(18)19/h7-8,11-15,17,25H,3-6,9-10H2,1-2H3,(H,26,28). The number of aromatic nitrogens is 3. The highest BCUT2D eigenvalue weighted by Gasteiger charge is 2.25. The second-order valence-corrected chi connectivity index (χ2v) is 7.89. The van der Waals surface area contributed by atoms with Crippen LogP contribution in [0.2, 0.25) is 0 Å². The van der Waals surface area contributed by atoms with E-state index in [2.05, 4.69) is 15.3 Å². The number of nitrogens with one attached hydrogen (secondary N) is 2. The highest BCUT2D eigenvalue weighted by atomic mass is 16.5. The molecule has 1 aromatic carbocycles. The Morgan fingerprint density at radius 3 is 2.66 bits per heavy atom. The van der Waals surface area contributed by atoms with E-state index in [-0.39, 0.29) is 18.1 Å². The number of carbonyl (C=O) groups is 2. The molecule has 170 valence electrons. The van der Waals surface area contributed by atoms with Crippen LogP contribution >= 0.6 is 0 Å². The molecule has 2 aromatic heterocycles. The van der Waals surface area contributed by atoms with Crippen LogP contribution in [0.5, 0.6) is 0 Å². The summed E-state index contributed by atoms with van der Waals surface area (Å²) in [5, 5.41) is 3.79. The number of imidazole rings is 1. The normalized spacial score (nSPS) is 18.6. The molecule has 2 N–H and O–H groups in total. The van der Waals surface area contributed by atoms with Gasteiger partial charge < -0.3 is 29.1 Å². The van der Waals surface area contributed by atoms with E-state index in [0.717, 1.165) is 31.4 Å². The lowest BCUT2D eigenvalue weighted by molar-refractivity contribution is -0.00408. The van der Waals surface area contributed by atoms with Crippen molar-refractivity contribution in [2.24, 2.45) is 0 Å². The first-order valence-corrected chi connectivity index (χ1v) is 10.7. The van der Waals surface area contributed by atoms with Gasteiger partial charge in [0.1, 0.15) is 0 Å². The van der Waals surface area contributed by atoms with Gasteiger partial charge in [-0.25, -0.2) is 9.78 Å². The van der Waals surface area contributed by atoms with Crippen molar-refractivity contribution < 1.29 is 23.8 Å². The smallest absolute Gasteiger partial charge is 0.340 e. The van der Waals surface area contributed by atoms with Gasteiger partial charge in [0.15, 0.2) is 0 Å². The predicted molar refractivity (Wildman–Crippen MR) is 118 cm³/mol. The number of fused-ring (bicyclic) bond motifs is 1. The summed E-state index contributed by atoms with van der Waals surface area (Å²) < 4.78 is 17.5. The minimum absolute atomic E-state index is 0.0757. The van der Waals surface area contributed by atoms with Crippen LogP contribution in [0.15, 0.2) is 37.1 Å². The van der Waals surface area contributed by atoms with Gasteiger partial charge in [-0.05, 0) is 37.8 Å². The predicted octanol–water partition coefficient (Wildman–Crippen LogP) is 2.84. The van der Waals surface area contributed by atoms with Crippen LogP contribution in [-0.2, 0) is 14.2 Å². The largest absolute Gasteiger partial charge is 0.465 e. The molecule has 4 rings (SSSR count). The number of methoxy groups -OCH3 is 2. The lowest BCUT2D eigenvalue weighted by Gasteiger charge is -2.29. The number of rotatable bonds is 8. The maximum atomic E-state index is 13.3. The summed E-state index contributed by atoms with van der Waals surface area (Å²) in [7, 11) is 3.00. The molecule has 1 amide bonds. The van der Waals surface area contributed by atoms with Gasteiger partial charge in [-0.1, -0.05) is 0 Å². The Morgan fingerprint density at radius 1 is 1.16 bits per heavy atom. The van der Waals surface area contributed by atoms with Gasteiger partial charge in [-0.15, -0.1) is 0 Å². The fourth-order valence-corrected chi connectivity index (χ4v) is 4.17. The molecule has 0 unspecified atom stereocenters. The number of carbonyl (C=O) groups excluding carboxylic acids is 2. The van der Waals surface area contributed by atoms with Crippen molar-refractivity contribution in [3.8, 4) is 5.69 Å². The van der Waals surface area contributed by atoms with Gasteiger partial charge in [0, 0.05) is 42.8 Å². The lowest BCUT2D eigenvalue weighted by Crippen LogP contribution is -2.39. The van der Waals surface area contributed by atoms with E-state index in [4.69, 9.17) is 14.2 Å². The van der Waals surface area contributed by atoms with Gasteiger partial charge in [-0.2, -0.15) is 0 Å². The molecule has 0 radical (unpaired) electrons. The average molecular weight is 441 g/mol. The topological polar surface area (TPSA) is 107 Å². The fraction of sp³-hybridized carbons (Fsp3) is 0.435. The highest BCUT2D eigenvalue weighted by molar-refractivity contribution is 6.12. The second kappa shape index (κ2) is 9.97. The van der Waals surface area contributed by atoms with Gasteiger partial charge >= 0.3 is 5.97 Å². The minimum Gasteiger partial charge on any atom is -0.465 e. The minimum atomic E-state index is -0.461. The van der Waals surface area contributed by atoms with Crippen LogP contribution in [0, 0.1) is 0 Å². The molecule has 9 nitrogen and oxygen atoms in total. The first-order valence-electron chi connectivity index (χ1n) is 10.7. The third-order valence-electron chi connectivity index (χ3n) is 5.88. The van der Waals surface area contributed by atoms with Gasteiger partial charge in [0.25, 0.3) is 5.91 Å². The molecule has 32 heavy (non-hydrogen) atoms. The SMILES string of the molecule is COCCOC1CCC(NC(=O)c2cc(-n3ccnc3)cc3c(C(=O)OC)c[nH]c23)CC1. The van der Waals surface area contributed by atoms with Crippen molar-refractivity contribution in [3.63, 3.8) is 0 Å². The van der Waals surface area contributed by atoms with Crippen molar-refractivity contribution >= 4 is 22.8 Å². The maximum absolute atomic E-state index is 13.3. The Hall–Kier alpha value is -3.17. The Labute approximate surface area is 186 Å². The monoisotopic (exact) mass is 440 g/mol. The van der Waals surface area contributed by atoms with Gasteiger partial charge in [0.2, 0.25) is 0 Å². The molecule has 3 aromatic rings. The Bertz CT molecular complexity index is 1070. The third kappa shape index (κ3) is 4.68. The number of benzene rings is 1. The van der Waals surface area contributed by atoms with Crippen molar-refractivity contribution in [1.82, 2.24) is 19.9 Å². The van der Waals surface area contributed by atoms with E-state index in [1.165, 1.54) is 7.11 Å². The molecular formula is C23H28N4O5. The molecule has 1 aliphatic rings. The quantitative estimate of drug-likeness (QED) is 0.412. The first kappa shape index (κ1) is 22.0. The number of H-pyrrole nitrogens is 1. The molecule has 0 bridgehead atoms. The van der Waals surface area contributed by atoms with E-state index < -0.39 is 5.97 Å². The molecule has 0 spiro atoms. The van der Waals surface area contributed by atoms with E-state index >= 15 is 0 Å². The molecule has 1 saturated carbocycles. The molecule has 0 atom stereocenters. The van der Waals surface area contributed by atoms with Crippen molar-refractivity contribution in [2.45, 2.75) is 37.8 Å². The molecule has 0 aliphatic heterocycles. The second-order valence-electron chi connectivity index (χ2n) is 7.89. The van der Waals surface area contributed by atoms with E-state index in [1.54, 1.807) is 42.7 Å². The number of nitrogens with zero attached hydrogens (tertiary/aromatic N) is 2. The van der Waals surface area contributed by atoms with E-state index in [0.29, 0.717) is 35.2 Å². The number of amides is 1. The first-order chi connectivity index (χ1) is 15.6. The van der Waals surface area contributed by atoms with Gasteiger partial charge in [-0.3, -0.25) is 4.79 Å². The van der Waals surface area contributed by atoms with Crippen molar-refractivity contribution in [1.29, 1.82) is 0 Å². The van der Waals surface area contributed by atoms with E-state index in [1.807, 2.05) is 6.07 Å². The summed E-state index contributed by atoms with van der Waals surface area (Å²) in [6.07, 6.45) is 10.4. The molecule has 9 heteroatoms. The zero-order valence-corrected chi connectivity index (χ0v) is 18.3. The summed E-state index contributed by atoms with van der Waals surface area (Å²) in [5.74, 6) is -0.642. The average Bonchev–Trinajstić information content (AvgIpc) is 3.49. The zero-order chi connectivity index (χ0) is 22.5. The summed E-state index contributed by atoms with van der Waals surface area (Å²) in [4.78, 5) is 32.7. The number of aromatic amines is 1. The highest BCUT2D eigenvalue weighted by Crippen LogP contribution is 2.28. The van der Waals surface area contributed by atoms with Crippen molar-refractivity contribution in [3.05, 3.63) is 48.2 Å². The van der Waals surface area contributed by atoms with Gasteiger partial charge in [0.05, 0.1) is 49.4 Å². The Kier molecular flexibility index (Phi) is 6.87. The molecule has 2 heterocycles. The van der Waals surface area contributed by atoms with E-state index in [9.17, 15) is 9.59 Å². The third-order valence-corrected chi connectivity index (χ3v) is 5.88.